The van der Waals surface area contributed by atoms with Crippen molar-refractivity contribution >= 4 is 33.4 Å². The van der Waals surface area contributed by atoms with Crippen LogP contribution in [-0.2, 0) is 16.6 Å². The molecule has 1 N–H and O–H groups in total. The summed E-state index contributed by atoms with van der Waals surface area (Å²) >= 11 is 7.72. The molecule has 19 heavy (non-hydrogen) atoms. The summed E-state index contributed by atoms with van der Waals surface area (Å²) in [5, 5.41) is 9.32. The first-order chi connectivity index (χ1) is 8.96. The lowest BCUT2D eigenvalue weighted by atomic mass is 10.2. The van der Waals surface area contributed by atoms with E-state index in [0.717, 1.165) is 17.9 Å². The molecule has 1 unspecified atom stereocenters. The van der Waals surface area contributed by atoms with Crippen LogP contribution in [-0.4, -0.2) is 42.4 Å². The fourth-order valence-electron chi connectivity index (χ4n) is 1.99. The van der Waals surface area contributed by atoms with Gasteiger partial charge < -0.3 is 5.11 Å². The second kappa shape index (κ2) is 6.01. The topological polar surface area (TPSA) is 57.6 Å². The van der Waals surface area contributed by atoms with Crippen molar-refractivity contribution in [2.45, 2.75) is 24.0 Å². The first-order valence-corrected chi connectivity index (χ1v) is 8.89. The number of thioether (sulfide) groups is 1. The molecule has 1 fully saturated rings. The summed E-state index contributed by atoms with van der Waals surface area (Å²) < 4.78 is 26.4. The summed E-state index contributed by atoms with van der Waals surface area (Å²) in [6.07, 6.45) is 0.878. The number of sulfonamides is 1. The smallest absolute Gasteiger partial charge is 0.243 e. The molecule has 1 saturated heterocycles. The second-order valence-electron chi connectivity index (χ2n) is 4.45. The van der Waals surface area contributed by atoms with Crippen molar-refractivity contribution < 1.29 is 13.5 Å². The van der Waals surface area contributed by atoms with Crippen LogP contribution >= 0.6 is 23.4 Å². The molecule has 0 aliphatic carbocycles. The molecular formula is C12H16ClNO3S2. The van der Waals surface area contributed by atoms with Crippen LogP contribution in [0.3, 0.4) is 0 Å². The van der Waals surface area contributed by atoms with Crippen LogP contribution in [0.2, 0.25) is 5.02 Å². The van der Waals surface area contributed by atoms with E-state index in [4.69, 9.17) is 16.7 Å². The Morgan fingerprint density at radius 2 is 2.26 bits per heavy atom. The van der Waals surface area contributed by atoms with Crippen molar-refractivity contribution in [1.82, 2.24) is 4.31 Å². The lowest BCUT2D eigenvalue weighted by Crippen LogP contribution is -2.36. The highest BCUT2D eigenvalue weighted by Gasteiger charge is 2.30. The highest BCUT2D eigenvalue weighted by atomic mass is 35.5. The Labute approximate surface area is 122 Å². The van der Waals surface area contributed by atoms with Crippen molar-refractivity contribution in [1.29, 1.82) is 0 Å². The van der Waals surface area contributed by atoms with Gasteiger partial charge in [-0.2, -0.15) is 16.1 Å². The van der Waals surface area contributed by atoms with E-state index in [1.807, 2.05) is 0 Å². The molecule has 0 saturated carbocycles. The summed E-state index contributed by atoms with van der Waals surface area (Å²) in [5.41, 5.74) is 0.527. The van der Waals surface area contributed by atoms with Crippen LogP contribution in [0, 0.1) is 0 Å². The van der Waals surface area contributed by atoms with E-state index in [1.54, 1.807) is 24.9 Å². The van der Waals surface area contributed by atoms with Crippen LogP contribution in [0.4, 0.5) is 0 Å². The lowest BCUT2D eigenvalue weighted by molar-refractivity contribution is 0.282. The van der Waals surface area contributed by atoms with E-state index in [0.29, 0.717) is 5.56 Å². The third-order valence-corrected chi connectivity index (χ3v) is 6.69. The molecule has 1 aliphatic rings. The van der Waals surface area contributed by atoms with Gasteiger partial charge in [0.25, 0.3) is 0 Å². The van der Waals surface area contributed by atoms with Crippen molar-refractivity contribution in [2.24, 2.45) is 0 Å². The van der Waals surface area contributed by atoms with Crippen molar-refractivity contribution in [3.05, 3.63) is 28.8 Å². The molecule has 0 spiro atoms. The minimum absolute atomic E-state index is 0.0475. The van der Waals surface area contributed by atoms with Gasteiger partial charge in [-0.25, -0.2) is 8.42 Å². The molecular weight excluding hydrogens is 306 g/mol. The Morgan fingerprint density at radius 3 is 2.79 bits per heavy atom. The van der Waals surface area contributed by atoms with E-state index in [1.165, 1.54) is 16.4 Å². The third kappa shape index (κ3) is 3.08. The minimum atomic E-state index is -3.52. The molecule has 1 heterocycles. The average molecular weight is 322 g/mol. The molecule has 1 aromatic rings. The van der Waals surface area contributed by atoms with Gasteiger partial charge in [-0.3, -0.25) is 0 Å². The third-order valence-electron chi connectivity index (χ3n) is 3.29. The minimum Gasteiger partial charge on any atom is -0.392 e. The van der Waals surface area contributed by atoms with Gasteiger partial charge >= 0.3 is 0 Å². The van der Waals surface area contributed by atoms with Crippen molar-refractivity contribution in [2.75, 3.05) is 18.6 Å². The number of aliphatic hydroxyl groups excluding tert-OH is 1. The summed E-state index contributed by atoms with van der Waals surface area (Å²) in [6, 6.07) is 4.49. The fourth-order valence-corrected chi connectivity index (χ4v) is 5.07. The maximum absolute atomic E-state index is 12.5. The summed E-state index contributed by atoms with van der Waals surface area (Å²) in [7, 11) is -1.91. The van der Waals surface area contributed by atoms with E-state index in [2.05, 4.69) is 0 Å². The Balaban J connectivity index is 2.30. The average Bonchev–Trinajstić information content (AvgIpc) is 2.91. The molecule has 0 bridgehead atoms. The van der Waals surface area contributed by atoms with Crippen LogP contribution < -0.4 is 0 Å². The molecule has 0 radical (unpaired) electrons. The Morgan fingerprint density at radius 1 is 1.53 bits per heavy atom. The molecule has 4 nitrogen and oxygen atoms in total. The summed E-state index contributed by atoms with van der Waals surface area (Å²) in [4.78, 5) is 0.175. The largest absolute Gasteiger partial charge is 0.392 e. The second-order valence-corrected chi connectivity index (χ2v) is 8.00. The fraction of sp³-hybridized carbons (Fsp3) is 0.500. The number of nitrogens with zero attached hydrogens (tertiary/aromatic N) is 1. The first-order valence-electron chi connectivity index (χ1n) is 5.92. The van der Waals surface area contributed by atoms with Crippen LogP contribution in [0.1, 0.15) is 12.0 Å². The van der Waals surface area contributed by atoms with E-state index < -0.39 is 10.0 Å². The summed E-state index contributed by atoms with van der Waals surface area (Å²) in [6.45, 7) is -0.200. The zero-order valence-corrected chi connectivity index (χ0v) is 12.9. The number of hydrogen-bond acceptors (Lipinski definition) is 4. The normalized spacial score (nSPS) is 20.1. The van der Waals surface area contributed by atoms with Gasteiger partial charge in [0.15, 0.2) is 0 Å². The molecule has 1 aliphatic heterocycles. The number of rotatable bonds is 4. The maximum Gasteiger partial charge on any atom is 0.243 e. The number of hydrogen-bond donors (Lipinski definition) is 1. The van der Waals surface area contributed by atoms with Gasteiger partial charge in [-0.15, -0.1) is 0 Å². The standard InChI is InChI=1S/C12H16ClNO3S2/c1-14(10-4-5-18-8-10)19(16,17)11-3-2-9(7-15)12(13)6-11/h2-3,6,10,15H,4-5,7-8H2,1H3. The van der Waals surface area contributed by atoms with Gasteiger partial charge in [0.2, 0.25) is 10.0 Å². The summed E-state index contributed by atoms with van der Waals surface area (Å²) in [5.74, 6) is 1.83. The predicted molar refractivity (Wildman–Crippen MR) is 78.1 cm³/mol. The molecule has 106 valence electrons. The molecule has 0 amide bonds. The molecule has 2 rings (SSSR count). The lowest BCUT2D eigenvalue weighted by Gasteiger charge is -2.23. The number of halogens is 1. The molecule has 1 aromatic carbocycles. The number of aliphatic hydroxyl groups is 1. The van der Waals surface area contributed by atoms with Crippen LogP contribution in [0.5, 0.6) is 0 Å². The highest BCUT2D eigenvalue weighted by Crippen LogP contribution is 2.28. The van der Waals surface area contributed by atoms with E-state index >= 15 is 0 Å². The zero-order chi connectivity index (χ0) is 14.0. The van der Waals surface area contributed by atoms with E-state index in [9.17, 15) is 8.42 Å². The monoisotopic (exact) mass is 321 g/mol. The SMILES string of the molecule is CN(C1CCSC1)S(=O)(=O)c1ccc(CO)c(Cl)c1. The van der Waals surface area contributed by atoms with Crippen LogP contribution in [0.25, 0.3) is 0 Å². The van der Waals surface area contributed by atoms with Gasteiger partial charge in [-0.1, -0.05) is 17.7 Å². The zero-order valence-electron chi connectivity index (χ0n) is 10.5. The van der Waals surface area contributed by atoms with Gasteiger partial charge in [0.05, 0.1) is 11.5 Å². The Bertz CT molecular complexity index is 556. The maximum atomic E-state index is 12.5. The van der Waals surface area contributed by atoms with Crippen molar-refractivity contribution in [3.8, 4) is 0 Å². The highest BCUT2D eigenvalue weighted by molar-refractivity contribution is 7.99. The Hall–Kier alpha value is -0.270. The van der Waals surface area contributed by atoms with Gasteiger partial charge in [0, 0.05) is 23.9 Å². The molecule has 7 heteroatoms. The van der Waals surface area contributed by atoms with Crippen molar-refractivity contribution in [3.63, 3.8) is 0 Å². The first kappa shape index (κ1) is 15.1. The van der Waals surface area contributed by atoms with Crippen LogP contribution in [0.15, 0.2) is 23.1 Å². The van der Waals surface area contributed by atoms with Gasteiger partial charge in [0.1, 0.15) is 0 Å². The molecule has 1 atom stereocenters. The quantitative estimate of drug-likeness (QED) is 0.921. The van der Waals surface area contributed by atoms with Gasteiger partial charge in [-0.05, 0) is 29.9 Å². The predicted octanol–water partition coefficient (Wildman–Crippen LogP) is 1.96. The Kier molecular flexibility index (Phi) is 4.79. The number of benzene rings is 1. The van der Waals surface area contributed by atoms with E-state index in [-0.39, 0.29) is 22.6 Å². The molecule has 0 aromatic heterocycles.